The van der Waals surface area contributed by atoms with Crippen LogP contribution in [0.5, 0.6) is 17.2 Å². The maximum Gasteiger partial charge on any atom is 0.338 e. The number of hydrogen-bond acceptors (Lipinski definition) is 9. The molecule has 0 bridgehead atoms. The molecule has 11 heteroatoms. The highest BCUT2D eigenvalue weighted by Crippen LogP contribution is 2.36. The fourth-order valence-corrected chi connectivity index (χ4v) is 6.67. The van der Waals surface area contributed by atoms with Gasteiger partial charge in [-0.3, -0.25) is 9.36 Å². The Morgan fingerprint density at radius 1 is 1.09 bits per heavy atom. The van der Waals surface area contributed by atoms with Gasteiger partial charge >= 0.3 is 5.97 Å². The van der Waals surface area contributed by atoms with Crippen molar-refractivity contribution in [1.82, 2.24) is 4.57 Å². The predicted molar refractivity (Wildman–Crippen MR) is 175 cm³/mol. The van der Waals surface area contributed by atoms with Crippen molar-refractivity contribution in [3.8, 4) is 23.3 Å². The molecule has 224 valence electrons. The number of nitriles is 1. The van der Waals surface area contributed by atoms with E-state index in [0.29, 0.717) is 50.0 Å². The normalized spacial score (nSPS) is 14.3. The molecule has 9 nitrogen and oxygen atoms in total. The first-order valence-electron chi connectivity index (χ1n) is 13.8. The molecule has 1 aliphatic rings. The van der Waals surface area contributed by atoms with Gasteiger partial charge in [0.2, 0.25) is 0 Å². The number of nitrogens with zero attached hydrogens (tertiary/aromatic N) is 3. The highest BCUT2D eigenvalue weighted by atomic mass is 127. The molecule has 0 unspecified atom stereocenters. The van der Waals surface area contributed by atoms with Crippen molar-refractivity contribution in [2.24, 2.45) is 4.99 Å². The molecule has 0 aliphatic carbocycles. The molecule has 3 aromatic carbocycles. The lowest BCUT2D eigenvalue weighted by Gasteiger charge is -2.26. The molecule has 2 heterocycles. The summed E-state index contributed by atoms with van der Waals surface area (Å²) >= 11 is 3.34. The SMILES string of the molecule is CCOC(=O)C1=C(c2ccccc2)N=c2s/c(=C\c3cc(I)c(OCC#N)c(OC)c3)c(=O)n2[C@@H]1c1ccc(OCC)cc1. The zero-order valence-corrected chi connectivity index (χ0v) is 27.2. The van der Waals surface area contributed by atoms with E-state index in [1.807, 2.05) is 73.7 Å². The van der Waals surface area contributed by atoms with Gasteiger partial charge in [0.05, 0.1) is 45.7 Å². The van der Waals surface area contributed by atoms with E-state index in [2.05, 4.69) is 22.6 Å². The van der Waals surface area contributed by atoms with Crippen LogP contribution >= 0.6 is 33.9 Å². The van der Waals surface area contributed by atoms with E-state index >= 15 is 0 Å². The van der Waals surface area contributed by atoms with Gasteiger partial charge in [0.1, 0.15) is 11.8 Å². The molecule has 0 saturated carbocycles. The molecular weight excluding hydrogens is 693 g/mol. The molecule has 0 fully saturated rings. The van der Waals surface area contributed by atoms with Crippen LogP contribution in [-0.2, 0) is 9.53 Å². The number of carbonyl (C=O) groups excluding carboxylic acids is 1. The maximum absolute atomic E-state index is 14.2. The van der Waals surface area contributed by atoms with Crippen LogP contribution in [0.15, 0.2) is 82.1 Å². The third kappa shape index (κ3) is 6.27. The third-order valence-corrected chi connectivity index (χ3v) is 8.50. The first-order chi connectivity index (χ1) is 21.4. The number of methoxy groups -OCH3 is 1. The zero-order chi connectivity index (χ0) is 31.2. The molecule has 4 aromatic rings. The van der Waals surface area contributed by atoms with Gasteiger partial charge in [0.25, 0.3) is 5.56 Å². The Labute approximate surface area is 271 Å². The van der Waals surface area contributed by atoms with Crippen molar-refractivity contribution in [1.29, 1.82) is 5.26 Å². The molecule has 1 aromatic heterocycles. The van der Waals surface area contributed by atoms with E-state index in [1.54, 1.807) is 23.6 Å². The quantitative estimate of drug-likeness (QED) is 0.170. The smallest absolute Gasteiger partial charge is 0.338 e. The number of hydrogen-bond donors (Lipinski definition) is 0. The second-order valence-electron chi connectivity index (χ2n) is 9.41. The molecular formula is C33H28IN3O6S. The molecule has 0 spiro atoms. The fourth-order valence-electron chi connectivity index (χ4n) is 4.89. The molecule has 0 saturated heterocycles. The average Bonchev–Trinajstić information content (AvgIpc) is 3.34. The number of benzene rings is 3. The van der Waals surface area contributed by atoms with Crippen molar-refractivity contribution < 1.29 is 23.7 Å². The Morgan fingerprint density at radius 2 is 1.84 bits per heavy atom. The van der Waals surface area contributed by atoms with E-state index in [1.165, 1.54) is 18.4 Å². The number of thiazole rings is 1. The van der Waals surface area contributed by atoms with Crippen LogP contribution in [0.25, 0.3) is 11.8 Å². The summed E-state index contributed by atoms with van der Waals surface area (Å²) in [6.07, 6.45) is 1.76. The Balaban J connectivity index is 1.76. The summed E-state index contributed by atoms with van der Waals surface area (Å²) in [5.41, 5.74) is 2.56. The van der Waals surface area contributed by atoms with Crippen LogP contribution in [0.4, 0.5) is 0 Å². The lowest BCUT2D eigenvalue weighted by molar-refractivity contribution is -0.138. The van der Waals surface area contributed by atoms with Gasteiger partial charge in [0, 0.05) is 5.56 Å². The zero-order valence-electron chi connectivity index (χ0n) is 24.2. The van der Waals surface area contributed by atoms with Crippen LogP contribution in [0.3, 0.4) is 0 Å². The summed E-state index contributed by atoms with van der Waals surface area (Å²) < 4.78 is 24.9. The van der Waals surface area contributed by atoms with E-state index in [-0.39, 0.29) is 24.3 Å². The number of halogens is 1. The summed E-state index contributed by atoms with van der Waals surface area (Å²) in [7, 11) is 1.52. The highest BCUT2D eigenvalue weighted by Gasteiger charge is 2.35. The lowest BCUT2D eigenvalue weighted by atomic mass is 9.93. The van der Waals surface area contributed by atoms with E-state index in [4.69, 9.17) is 29.2 Å². The van der Waals surface area contributed by atoms with E-state index in [9.17, 15) is 9.59 Å². The van der Waals surface area contributed by atoms with Gasteiger partial charge in [-0.15, -0.1) is 0 Å². The lowest BCUT2D eigenvalue weighted by Crippen LogP contribution is -2.40. The van der Waals surface area contributed by atoms with Gasteiger partial charge in [-0.05, 0) is 77.9 Å². The summed E-state index contributed by atoms with van der Waals surface area (Å²) in [6, 6.07) is 21.5. The molecule has 1 atom stereocenters. The molecule has 44 heavy (non-hydrogen) atoms. The molecule has 0 amide bonds. The van der Waals surface area contributed by atoms with Gasteiger partial charge in [-0.1, -0.05) is 53.8 Å². The van der Waals surface area contributed by atoms with Gasteiger partial charge in [-0.25, -0.2) is 9.79 Å². The second-order valence-corrected chi connectivity index (χ2v) is 11.6. The summed E-state index contributed by atoms with van der Waals surface area (Å²) in [4.78, 5) is 33.1. The van der Waals surface area contributed by atoms with Crippen LogP contribution in [0, 0.1) is 14.9 Å². The largest absolute Gasteiger partial charge is 0.494 e. The minimum atomic E-state index is -0.797. The van der Waals surface area contributed by atoms with Crippen molar-refractivity contribution >= 4 is 51.7 Å². The first kappa shape index (κ1) is 31.0. The number of rotatable bonds is 10. The number of aromatic nitrogens is 1. The summed E-state index contributed by atoms with van der Waals surface area (Å²) in [5, 5.41) is 8.95. The third-order valence-electron chi connectivity index (χ3n) is 6.71. The Kier molecular flexibility index (Phi) is 9.82. The number of fused-ring (bicyclic) bond motifs is 1. The van der Waals surface area contributed by atoms with Gasteiger partial charge < -0.3 is 18.9 Å². The minimum Gasteiger partial charge on any atom is -0.494 e. The molecule has 1 aliphatic heterocycles. The second kappa shape index (κ2) is 13.9. The van der Waals surface area contributed by atoms with Crippen molar-refractivity contribution in [3.63, 3.8) is 0 Å². The van der Waals surface area contributed by atoms with Crippen molar-refractivity contribution in [2.45, 2.75) is 19.9 Å². The van der Waals surface area contributed by atoms with Crippen LogP contribution in [0.1, 0.15) is 36.6 Å². The Hall–Kier alpha value is -4.41. The Bertz CT molecular complexity index is 1940. The highest BCUT2D eigenvalue weighted by molar-refractivity contribution is 14.1. The van der Waals surface area contributed by atoms with Gasteiger partial charge in [-0.2, -0.15) is 5.26 Å². The topological polar surface area (TPSA) is 112 Å². The van der Waals surface area contributed by atoms with Crippen molar-refractivity contribution in [2.75, 3.05) is 26.9 Å². The number of esters is 1. The van der Waals surface area contributed by atoms with E-state index in [0.717, 1.165) is 9.13 Å². The maximum atomic E-state index is 14.2. The monoisotopic (exact) mass is 721 g/mol. The number of ether oxygens (including phenoxy) is 4. The average molecular weight is 722 g/mol. The summed E-state index contributed by atoms with van der Waals surface area (Å²) in [5.74, 6) is 1.03. The first-order valence-corrected chi connectivity index (χ1v) is 15.7. The van der Waals surface area contributed by atoms with Crippen LogP contribution < -0.4 is 29.1 Å². The van der Waals surface area contributed by atoms with E-state index < -0.39 is 12.0 Å². The van der Waals surface area contributed by atoms with Crippen LogP contribution in [-0.4, -0.2) is 37.5 Å². The standard InChI is InChI=1S/C33H28IN3O6S/c1-4-41-23-13-11-22(12-14-23)29-27(32(39)42-5-2)28(21-9-7-6-8-10-21)36-33-37(29)31(38)26(44-33)19-20-17-24(34)30(43-16-15-35)25(18-20)40-3/h6-14,17-19,29H,4-5,16H2,1-3H3/b26-19-/t29-/m1/s1. The molecule has 5 rings (SSSR count). The summed E-state index contributed by atoms with van der Waals surface area (Å²) in [6.45, 7) is 4.20. The Morgan fingerprint density at radius 3 is 2.50 bits per heavy atom. The molecule has 0 N–H and O–H groups in total. The molecule has 0 radical (unpaired) electrons. The van der Waals surface area contributed by atoms with Gasteiger partial charge in [0.15, 0.2) is 22.9 Å². The number of carbonyl (C=O) groups is 1. The van der Waals surface area contributed by atoms with Crippen LogP contribution in [0.2, 0.25) is 0 Å². The minimum absolute atomic E-state index is 0.123. The fraction of sp³-hybridized carbons (Fsp3) is 0.212. The van der Waals surface area contributed by atoms with Crippen molar-refractivity contribution in [3.05, 3.63) is 112 Å². The predicted octanol–water partition coefficient (Wildman–Crippen LogP) is 4.85.